The van der Waals surface area contributed by atoms with Crippen molar-refractivity contribution in [3.05, 3.63) is 24.0 Å². The summed E-state index contributed by atoms with van der Waals surface area (Å²) in [6.45, 7) is 0.494. The molecule has 0 aromatic heterocycles. The molecule has 1 fully saturated rings. The number of amides is 1. The summed E-state index contributed by atoms with van der Waals surface area (Å²) >= 11 is 4.16. The molecule has 86 valence electrons. The van der Waals surface area contributed by atoms with Crippen LogP contribution in [0.2, 0.25) is 0 Å². The van der Waals surface area contributed by atoms with Gasteiger partial charge in [-0.3, -0.25) is 4.79 Å². The third-order valence-electron chi connectivity index (χ3n) is 2.75. The molecular weight excluding hydrogens is 227 g/mol. The number of halogens is 1. The molecule has 1 heterocycles. The topological polar surface area (TPSA) is 46.3 Å². The normalized spacial score (nSPS) is 20.5. The van der Waals surface area contributed by atoms with Crippen molar-refractivity contribution in [1.29, 1.82) is 0 Å². The smallest absolute Gasteiger partial charge is 0.227 e. The minimum Gasteiger partial charge on any atom is -0.397 e. The van der Waals surface area contributed by atoms with Crippen LogP contribution in [0.15, 0.2) is 18.2 Å². The molecule has 1 aliphatic rings. The largest absolute Gasteiger partial charge is 0.397 e. The predicted molar refractivity (Wildman–Crippen MR) is 65.1 cm³/mol. The number of carbonyl (C=O) groups excluding carboxylic acids is 1. The van der Waals surface area contributed by atoms with E-state index in [1.165, 1.54) is 17.0 Å². The highest BCUT2D eigenvalue weighted by Gasteiger charge is 2.32. The van der Waals surface area contributed by atoms with Gasteiger partial charge in [-0.2, -0.15) is 12.6 Å². The van der Waals surface area contributed by atoms with Crippen LogP contribution in [0, 0.1) is 11.7 Å². The number of para-hydroxylation sites is 1. The van der Waals surface area contributed by atoms with Gasteiger partial charge in [-0.25, -0.2) is 4.39 Å². The Hall–Kier alpha value is -1.23. The van der Waals surface area contributed by atoms with Crippen molar-refractivity contribution in [3.8, 4) is 0 Å². The molecule has 1 aromatic carbocycles. The molecule has 0 spiro atoms. The molecule has 1 unspecified atom stereocenters. The van der Waals surface area contributed by atoms with Gasteiger partial charge in [0.2, 0.25) is 5.91 Å². The molecule has 2 N–H and O–H groups in total. The Kier molecular flexibility index (Phi) is 3.05. The van der Waals surface area contributed by atoms with Crippen LogP contribution in [-0.4, -0.2) is 18.2 Å². The Morgan fingerprint density at radius 2 is 2.31 bits per heavy atom. The minimum atomic E-state index is -0.451. The fourth-order valence-electron chi connectivity index (χ4n) is 1.94. The second-order valence-corrected chi connectivity index (χ2v) is 4.30. The van der Waals surface area contributed by atoms with Gasteiger partial charge < -0.3 is 10.6 Å². The summed E-state index contributed by atoms with van der Waals surface area (Å²) in [7, 11) is 0. The van der Waals surface area contributed by atoms with E-state index in [2.05, 4.69) is 12.6 Å². The van der Waals surface area contributed by atoms with E-state index in [-0.39, 0.29) is 17.5 Å². The second-order valence-electron chi connectivity index (χ2n) is 3.93. The first-order valence-corrected chi connectivity index (χ1v) is 5.72. The summed E-state index contributed by atoms with van der Waals surface area (Å²) in [5.41, 5.74) is 6.20. The highest BCUT2D eigenvalue weighted by atomic mass is 32.1. The molecule has 1 aromatic rings. The van der Waals surface area contributed by atoms with Crippen molar-refractivity contribution in [1.82, 2.24) is 0 Å². The molecular formula is C11H13FN2OS. The van der Waals surface area contributed by atoms with Crippen molar-refractivity contribution in [2.24, 2.45) is 5.92 Å². The van der Waals surface area contributed by atoms with Crippen LogP contribution in [0.3, 0.4) is 0 Å². The van der Waals surface area contributed by atoms with Gasteiger partial charge in [-0.1, -0.05) is 6.07 Å². The molecule has 0 radical (unpaired) electrons. The van der Waals surface area contributed by atoms with Gasteiger partial charge in [0.25, 0.3) is 0 Å². The molecule has 0 aliphatic carbocycles. The van der Waals surface area contributed by atoms with Gasteiger partial charge in [-0.05, 0) is 23.8 Å². The summed E-state index contributed by atoms with van der Waals surface area (Å²) in [5.74, 6) is 0.259. The van der Waals surface area contributed by atoms with Crippen molar-refractivity contribution in [2.45, 2.75) is 6.42 Å². The summed E-state index contributed by atoms with van der Waals surface area (Å²) in [4.78, 5) is 13.1. The maximum Gasteiger partial charge on any atom is 0.227 e. The van der Waals surface area contributed by atoms with E-state index in [0.717, 1.165) is 0 Å². The van der Waals surface area contributed by atoms with Gasteiger partial charge in [0, 0.05) is 13.0 Å². The van der Waals surface area contributed by atoms with Crippen LogP contribution in [0.25, 0.3) is 0 Å². The number of carbonyl (C=O) groups is 1. The highest BCUT2D eigenvalue weighted by Crippen LogP contribution is 2.32. The molecule has 1 aliphatic heterocycles. The van der Waals surface area contributed by atoms with Gasteiger partial charge in [0.15, 0.2) is 0 Å². The Labute approximate surface area is 98.8 Å². The zero-order chi connectivity index (χ0) is 11.7. The average molecular weight is 240 g/mol. The lowest BCUT2D eigenvalue weighted by atomic mass is 10.1. The predicted octanol–water partition coefficient (Wildman–Crippen LogP) is 1.69. The first-order chi connectivity index (χ1) is 7.63. The van der Waals surface area contributed by atoms with Crippen molar-refractivity contribution in [2.75, 3.05) is 22.9 Å². The van der Waals surface area contributed by atoms with Crippen LogP contribution in [0.1, 0.15) is 6.42 Å². The lowest BCUT2D eigenvalue weighted by Crippen LogP contribution is -2.26. The fourth-order valence-corrected chi connectivity index (χ4v) is 2.18. The molecule has 1 amide bonds. The Morgan fingerprint density at radius 3 is 2.88 bits per heavy atom. The van der Waals surface area contributed by atoms with Crippen molar-refractivity contribution >= 4 is 29.9 Å². The molecule has 0 saturated carbocycles. The average Bonchev–Trinajstić information content (AvgIpc) is 2.60. The zero-order valence-electron chi connectivity index (χ0n) is 8.69. The van der Waals surface area contributed by atoms with Gasteiger partial charge in [0.1, 0.15) is 11.5 Å². The van der Waals surface area contributed by atoms with Crippen molar-refractivity contribution < 1.29 is 9.18 Å². The third kappa shape index (κ3) is 1.87. The van der Waals surface area contributed by atoms with E-state index < -0.39 is 5.82 Å². The van der Waals surface area contributed by atoms with Crippen LogP contribution >= 0.6 is 12.6 Å². The van der Waals surface area contributed by atoms with Gasteiger partial charge in [0.05, 0.1) is 5.69 Å². The number of anilines is 2. The van der Waals surface area contributed by atoms with Crippen LogP contribution in [0.4, 0.5) is 15.8 Å². The molecule has 1 atom stereocenters. The molecule has 16 heavy (non-hydrogen) atoms. The lowest BCUT2D eigenvalue weighted by Gasteiger charge is -2.19. The van der Waals surface area contributed by atoms with Crippen LogP contribution < -0.4 is 10.6 Å². The summed E-state index contributed by atoms with van der Waals surface area (Å²) < 4.78 is 13.6. The Morgan fingerprint density at radius 1 is 1.56 bits per heavy atom. The molecule has 3 nitrogen and oxygen atoms in total. The number of nitrogens with zero attached hydrogens (tertiary/aromatic N) is 1. The third-order valence-corrected chi connectivity index (χ3v) is 3.27. The second kappa shape index (κ2) is 4.33. The quantitative estimate of drug-likeness (QED) is 0.610. The number of nitrogen functional groups attached to an aromatic ring is 1. The molecule has 2 rings (SSSR count). The lowest BCUT2D eigenvalue weighted by molar-refractivity contribution is -0.117. The first kappa shape index (κ1) is 11.3. The number of thiol groups is 1. The summed E-state index contributed by atoms with van der Waals surface area (Å²) in [6.07, 6.45) is 0.414. The SMILES string of the molecule is Nc1cccc(F)c1N1CC(CS)CC1=O. The van der Waals surface area contributed by atoms with Crippen molar-refractivity contribution in [3.63, 3.8) is 0 Å². The monoisotopic (exact) mass is 240 g/mol. The van der Waals surface area contributed by atoms with E-state index in [1.807, 2.05) is 0 Å². The molecule has 0 bridgehead atoms. The fraction of sp³-hybridized carbons (Fsp3) is 0.364. The van der Waals surface area contributed by atoms with E-state index in [4.69, 9.17) is 5.73 Å². The minimum absolute atomic E-state index is 0.0872. The highest BCUT2D eigenvalue weighted by molar-refractivity contribution is 7.80. The Bertz CT molecular complexity index is 404. The number of hydrogen-bond donors (Lipinski definition) is 2. The number of hydrogen-bond acceptors (Lipinski definition) is 3. The number of rotatable bonds is 2. The van der Waals surface area contributed by atoms with Crippen LogP contribution in [-0.2, 0) is 4.79 Å². The molecule has 5 heteroatoms. The number of benzene rings is 1. The maximum absolute atomic E-state index is 13.6. The van der Waals surface area contributed by atoms with Gasteiger partial charge in [-0.15, -0.1) is 0 Å². The van der Waals surface area contributed by atoms with E-state index in [1.54, 1.807) is 6.07 Å². The first-order valence-electron chi connectivity index (χ1n) is 5.08. The zero-order valence-corrected chi connectivity index (χ0v) is 9.58. The van der Waals surface area contributed by atoms with Crippen LogP contribution in [0.5, 0.6) is 0 Å². The van der Waals surface area contributed by atoms with E-state index >= 15 is 0 Å². The maximum atomic E-state index is 13.6. The Balaban J connectivity index is 2.35. The standard InChI is InChI=1S/C11H13FN2OS/c12-8-2-1-3-9(13)11(8)14-5-7(6-16)4-10(14)15/h1-3,7,16H,4-6,13H2. The summed E-state index contributed by atoms with van der Waals surface area (Å²) in [5, 5.41) is 0. The number of nitrogens with two attached hydrogens (primary N) is 1. The van der Waals surface area contributed by atoms with E-state index in [0.29, 0.717) is 24.4 Å². The summed E-state index contributed by atoms with van der Waals surface area (Å²) in [6, 6.07) is 4.44. The van der Waals surface area contributed by atoms with E-state index in [9.17, 15) is 9.18 Å². The van der Waals surface area contributed by atoms with Gasteiger partial charge >= 0.3 is 0 Å². The molecule has 1 saturated heterocycles.